The van der Waals surface area contributed by atoms with Crippen molar-refractivity contribution in [1.82, 2.24) is 10.2 Å². The van der Waals surface area contributed by atoms with Crippen molar-refractivity contribution in [3.05, 3.63) is 54.6 Å². The Morgan fingerprint density at radius 1 is 0.931 bits per heavy atom. The lowest BCUT2D eigenvalue weighted by Gasteiger charge is -2.38. The molecule has 2 fully saturated rings. The van der Waals surface area contributed by atoms with Gasteiger partial charge >= 0.3 is 6.03 Å². The average molecular weight is 389 g/mol. The van der Waals surface area contributed by atoms with Crippen molar-refractivity contribution >= 4 is 34.3 Å². The fourth-order valence-electron chi connectivity index (χ4n) is 5.14. The number of carbonyl (C=O) groups excluding carboxylic acids is 3. The van der Waals surface area contributed by atoms with E-state index in [1.165, 1.54) is 4.90 Å². The molecule has 2 aromatic rings. The van der Waals surface area contributed by atoms with E-state index in [2.05, 4.69) is 22.8 Å². The molecule has 0 unspecified atom stereocenters. The maximum absolute atomic E-state index is 12.8. The SMILES string of the molecule is O=C(NCCN1C(=O)[C@H]2[C@H](C1=O)[C@H]1C=C[C@H]2CC1)Nc1cccc2ccccc12. The van der Waals surface area contributed by atoms with Crippen LogP contribution in [0.15, 0.2) is 54.6 Å². The highest BCUT2D eigenvalue weighted by molar-refractivity contribution is 6.06. The van der Waals surface area contributed by atoms with Crippen LogP contribution in [0.5, 0.6) is 0 Å². The van der Waals surface area contributed by atoms with Crippen molar-refractivity contribution in [3.63, 3.8) is 0 Å². The molecular formula is C23H23N3O3. The molecule has 29 heavy (non-hydrogen) atoms. The molecule has 0 spiro atoms. The largest absolute Gasteiger partial charge is 0.336 e. The zero-order chi connectivity index (χ0) is 20.0. The molecule has 4 atom stereocenters. The first-order valence-corrected chi connectivity index (χ1v) is 10.2. The molecule has 4 amide bonds. The second kappa shape index (κ2) is 7.03. The van der Waals surface area contributed by atoms with Crippen LogP contribution in [0.3, 0.4) is 0 Å². The molecule has 2 bridgehead atoms. The van der Waals surface area contributed by atoms with Gasteiger partial charge in [0.2, 0.25) is 11.8 Å². The van der Waals surface area contributed by atoms with E-state index in [9.17, 15) is 14.4 Å². The van der Waals surface area contributed by atoms with Gasteiger partial charge in [0.15, 0.2) is 0 Å². The zero-order valence-electron chi connectivity index (χ0n) is 16.0. The molecule has 0 radical (unpaired) electrons. The molecule has 4 aliphatic rings. The zero-order valence-corrected chi connectivity index (χ0v) is 16.0. The first kappa shape index (κ1) is 17.9. The minimum absolute atomic E-state index is 0.0738. The van der Waals surface area contributed by atoms with Gasteiger partial charge in [-0.25, -0.2) is 4.79 Å². The Morgan fingerprint density at radius 2 is 1.59 bits per heavy atom. The fourth-order valence-corrected chi connectivity index (χ4v) is 5.14. The van der Waals surface area contributed by atoms with E-state index in [-0.39, 0.29) is 54.6 Å². The van der Waals surface area contributed by atoms with Crippen LogP contribution in [-0.2, 0) is 9.59 Å². The van der Waals surface area contributed by atoms with Gasteiger partial charge in [-0.1, -0.05) is 48.6 Å². The van der Waals surface area contributed by atoms with Gasteiger partial charge in [0.1, 0.15) is 0 Å². The molecule has 6 rings (SSSR count). The van der Waals surface area contributed by atoms with Crippen LogP contribution < -0.4 is 10.6 Å². The molecule has 2 aromatic carbocycles. The predicted molar refractivity (Wildman–Crippen MR) is 110 cm³/mol. The summed E-state index contributed by atoms with van der Waals surface area (Å²) in [7, 11) is 0. The number of fused-ring (bicyclic) bond motifs is 2. The van der Waals surface area contributed by atoms with Gasteiger partial charge in [0, 0.05) is 18.5 Å². The molecule has 1 saturated carbocycles. The van der Waals surface area contributed by atoms with Crippen LogP contribution in [0.25, 0.3) is 10.8 Å². The third kappa shape index (κ3) is 2.99. The van der Waals surface area contributed by atoms with E-state index >= 15 is 0 Å². The predicted octanol–water partition coefficient (Wildman–Crippen LogP) is 3.16. The quantitative estimate of drug-likeness (QED) is 0.623. The third-order valence-corrected chi connectivity index (χ3v) is 6.51. The Bertz CT molecular complexity index is 994. The molecule has 6 nitrogen and oxygen atoms in total. The van der Waals surface area contributed by atoms with Crippen LogP contribution in [0.2, 0.25) is 0 Å². The summed E-state index contributed by atoms with van der Waals surface area (Å²) in [6.45, 7) is 0.448. The highest BCUT2D eigenvalue weighted by Crippen LogP contribution is 2.49. The number of carbonyl (C=O) groups is 3. The van der Waals surface area contributed by atoms with E-state index in [1.54, 1.807) is 0 Å². The lowest BCUT2D eigenvalue weighted by atomic mass is 9.63. The van der Waals surface area contributed by atoms with Crippen molar-refractivity contribution in [2.24, 2.45) is 23.7 Å². The lowest BCUT2D eigenvalue weighted by Crippen LogP contribution is -2.40. The third-order valence-electron chi connectivity index (χ3n) is 6.51. The number of amides is 4. The number of urea groups is 1. The maximum Gasteiger partial charge on any atom is 0.319 e. The van der Waals surface area contributed by atoms with E-state index in [0.29, 0.717) is 0 Å². The van der Waals surface area contributed by atoms with Crippen molar-refractivity contribution in [1.29, 1.82) is 0 Å². The summed E-state index contributed by atoms with van der Waals surface area (Å²) in [4.78, 5) is 39.3. The van der Waals surface area contributed by atoms with E-state index < -0.39 is 0 Å². The highest BCUT2D eigenvalue weighted by Gasteiger charge is 2.56. The minimum Gasteiger partial charge on any atom is -0.336 e. The van der Waals surface area contributed by atoms with Crippen LogP contribution in [-0.4, -0.2) is 35.8 Å². The van der Waals surface area contributed by atoms with Crippen LogP contribution in [0.1, 0.15) is 12.8 Å². The Hall–Kier alpha value is -3.15. The van der Waals surface area contributed by atoms with Gasteiger partial charge in [0.25, 0.3) is 0 Å². The smallest absolute Gasteiger partial charge is 0.319 e. The number of hydrogen-bond donors (Lipinski definition) is 2. The topological polar surface area (TPSA) is 78.5 Å². The fraction of sp³-hybridized carbons (Fsp3) is 0.348. The highest BCUT2D eigenvalue weighted by atomic mass is 16.2. The Morgan fingerprint density at radius 3 is 2.28 bits per heavy atom. The van der Waals surface area contributed by atoms with Gasteiger partial charge in [-0.05, 0) is 36.1 Å². The monoisotopic (exact) mass is 389 g/mol. The van der Waals surface area contributed by atoms with Gasteiger partial charge in [-0.2, -0.15) is 0 Å². The second-order valence-corrected chi connectivity index (χ2v) is 8.08. The minimum atomic E-state index is -0.348. The summed E-state index contributed by atoms with van der Waals surface area (Å²) < 4.78 is 0. The number of likely N-dealkylation sites (tertiary alicyclic amines) is 1. The van der Waals surface area contributed by atoms with Gasteiger partial charge < -0.3 is 10.6 Å². The van der Waals surface area contributed by atoms with Crippen molar-refractivity contribution in [2.75, 3.05) is 18.4 Å². The summed E-state index contributed by atoms with van der Waals surface area (Å²) in [6, 6.07) is 13.2. The summed E-state index contributed by atoms with van der Waals surface area (Å²) in [5.74, 6) is -0.166. The number of nitrogens with zero attached hydrogens (tertiary/aromatic N) is 1. The van der Waals surface area contributed by atoms with Gasteiger partial charge in [-0.3, -0.25) is 14.5 Å². The Labute approximate surface area is 168 Å². The van der Waals surface area contributed by atoms with Crippen molar-refractivity contribution in [2.45, 2.75) is 12.8 Å². The van der Waals surface area contributed by atoms with Gasteiger partial charge in [-0.15, -0.1) is 0 Å². The average Bonchev–Trinajstić information content (AvgIpc) is 3.02. The first-order valence-electron chi connectivity index (χ1n) is 10.2. The number of rotatable bonds is 4. The number of benzene rings is 2. The Balaban J connectivity index is 1.20. The molecule has 0 aromatic heterocycles. The molecule has 2 N–H and O–H groups in total. The number of nitrogens with one attached hydrogen (secondary N) is 2. The van der Waals surface area contributed by atoms with E-state index in [4.69, 9.17) is 0 Å². The summed E-state index contributed by atoms with van der Waals surface area (Å²) in [6.07, 6.45) is 6.20. The molecule has 1 saturated heterocycles. The van der Waals surface area contributed by atoms with E-state index in [1.807, 2.05) is 42.5 Å². The number of imide groups is 1. The number of anilines is 1. The lowest BCUT2D eigenvalue weighted by molar-refractivity contribution is -0.140. The summed E-state index contributed by atoms with van der Waals surface area (Å²) >= 11 is 0. The van der Waals surface area contributed by atoms with Gasteiger partial charge in [0.05, 0.1) is 17.5 Å². The molecule has 6 heteroatoms. The molecule has 3 aliphatic carbocycles. The normalized spacial score (nSPS) is 27.4. The number of allylic oxidation sites excluding steroid dienone is 2. The first-order chi connectivity index (χ1) is 14.1. The van der Waals surface area contributed by atoms with E-state index in [0.717, 1.165) is 29.3 Å². The Kier molecular flexibility index (Phi) is 4.34. The molecule has 1 heterocycles. The standard InChI is InChI=1S/C23H23N3O3/c27-21-19-15-8-9-16(11-10-15)20(19)22(28)26(21)13-12-24-23(29)25-18-7-3-5-14-4-1-2-6-17(14)18/h1-9,15-16,19-20H,10-13H2,(H2,24,25,29)/t15-,16-,19+,20+/m0/s1. The number of hydrogen-bond acceptors (Lipinski definition) is 3. The van der Waals surface area contributed by atoms with Crippen molar-refractivity contribution in [3.8, 4) is 0 Å². The maximum atomic E-state index is 12.8. The summed E-state index contributed by atoms with van der Waals surface area (Å²) in [5, 5.41) is 7.64. The van der Waals surface area contributed by atoms with Crippen molar-refractivity contribution < 1.29 is 14.4 Å². The molecule has 148 valence electrons. The van der Waals surface area contributed by atoms with Crippen LogP contribution in [0, 0.1) is 23.7 Å². The second-order valence-electron chi connectivity index (χ2n) is 8.08. The molecular weight excluding hydrogens is 366 g/mol. The summed E-state index contributed by atoms with van der Waals surface area (Å²) in [5.41, 5.74) is 0.725. The molecule has 1 aliphatic heterocycles. The van der Waals surface area contributed by atoms with Crippen LogP contribution >= 0.6 is 0 Å². The van der Waals surface area contributed by atoms with Crippen LogP contribution in [0.4, 0.5) is 10.5 Å².